The Bertz CT molecular complexity index is 935. The van der Waals surface area contributed by atoms with Gasteiger partial charge >= 0.3 is 0 Å². The number of thiazole rings is 1. The molecule has 0 N–H and O–H groups in total. The van der Waals surface area contributed by atoms with Crippen molar-refractivity contribution in [1.29, 1.82) is 0 Å². The standard InChI is InChI=1S/C19H19F2N3OS2.ClH/c1-23(2)9-10-24(18(25)12-26-15-6-3-13(20)4-7-15)19-22-16-8-5-14(21)11-17(16)27-19;/h3-8,11H,9-10,12H2,1-2H3;1H. The van der Waals surface area contributed by atoms with Crippen molar-refractivity contribution in [2.45, 2.75) is 4.90 Å². The van der Waals surface area contributed by atoms with Gasteiger partial charge < -0.3 is 4.90 Å². The summed E-state index contributed by atoms with van der Waals surface area (Å²) >= 11 is 2.65. The van der Waals surface area contributed by atoms with Crippen molar-refractivity contribution in [3.63, 3.8) is 0 Å². The smallest absolute Gasteiger partial charge is 0.239 e. The number of carbonyl (C=O) groups is 1. The van der Waals surface area contributed by atoms with Gasteiger partial charge in [-0.15, -0.1) is 24.2 Å². The third-order valence-electron chi connectivity index (χ3n) is 3.82. The number of hydrogen-bond acceptors (Lipinski definition) is 5. The summed E-state index contributed by atoms with van der Waals surface area (Å²) < 4.78 is 27.2. The number of thioether (sulfide) groups is 1. The Balaban J connectivity index is 0.00000280. The van der Waals surface area contributed by atoms with E-state index in [-0.39, 0.29) is 35.7 Å². The van der Waals surface area contributed by atoms with E-state index in [1.165, 1.54) is 47.4 Å². The number of fused-ring (bicyclic) bond motifs is 1. The van der Waals surface area contributed by atoms with Gasteiger partial charge in [0.2, 0.25) is 5.91 Å². The zero-order valence-corrected chi connectivity index (χ0v) is 17.8. The average molecular weight is 444 g/mol. The van der Waals surface area contributed by atoms with Crippen LogP contribution in [0, 0.1) is 11.6 Å². The van der Waals surface area contributed by atoms with Gasteiger partial charge in [0.05, 0.1) is 16.0 Å². The lowest BCUT2D eigenvalue weighted by Crippen LogP contribution is -2.37. The first-order chi connectivity index (χ1) is 12.9. The highest BCUT2D eigenvalue weighted by Crippen LogP contribution is 2.30. The van der Waals surface area contributed by atoms with Crippen LogP contribution in [0.3, 0.4) is 0 Å². The summed E-state index contributed by atoms with van der Waals surface area (Å²) in [5.74, 6) is -0.509. The number of amides is 1. The molecule has 4 nitrogen and oxygen atoms in total. The van der Waals surface area contributed by atoms with Crippen molar-refractivity contribution < 1.29 is 13.6 Å². The zero-order valence-electron chi connectivity index (χ0n) is 15.4. The molecule has 28 heavy (non-hydrogen) atoms. The van der Waals surface area contributed by atoms with E-state index < -0.39 is 0 Å². The third kappa shape index (κ3) is 5.88. The van der Waals surface area contributed by atoms with Gasteiger partial charge in [-0.3, -0.25) is 9.69 Å². The molecule has 150 valence electrons. The molecule has 1 amide bonds. The van der Waals surface area contributed by atoms with Crippen molar-refractivity contribution >= 4 is 56.8 Å². The van der Waals surface area contributed by atoms with Crippen molar-refractivity contribution in [3.8, 4) is 0 Å². The Hall–Kier alpha value is -1.74. The molecular formula is C19H20ClF2N3OS2. The summed E-state index contributed by atoms with van der Waals surface area (Å²) in [6, 6.07) is 10.5. The maximum absolute atomic E-state index is 13.5. The molecular weight excluding hydrogens is 424 g/mol. The van der Waals surface area contributed by atoms with Gasteiger partial charge in [-0.05, 0) is 56.6 Å². The molecule has 3 rings (SSSR count). The van der Waals surface area contributed by atoms with E-state index in [2.05, 4.69) is 4.98 Å². The number of hydrogen-bond donors (Lipinski definition) is 0. The maximum atomic E-state index is 13.5. The minimum absolute atomic E-state index is 0. The van der Waals surface area contributed by atoms with Crippen molar-refractivity contribution in [2.24, 2.45) is 0 Å². The fraction of sp³-hybridized carbons (Fsp3) is 0.263. The fourth-order valence-electron chi connectivity index (χ4n) is 2.38. The molecule has 0 aliphatic rings. The van der Waals surface area contributed by atoms with Gasteiger partial charge in [-0.1, -0.05) is 11.3 Å². The van der Waals surface area contributed by atoms with Crippen LogP contribution in [0.15, 0.2) is 47.4 Å². The molecule has 0 fully saturated rings. The molecule has 0 spiro atoms. The summed E-state index contributed by atoms with van der Waals surface area (Å²) in [5.41, 5.74) is 0.672. The first-order valence-corrected chi connectivity index (χ1v) is 10.1. The van der Waals surface area contributed by atoms with Crippen LogP contribution in [0.2, 0.25) is 0 Å². The molecule has 1 heterocycles. The van der Waals surface area contributed by atoms with Crippen LogP contribution >= 0.6 is 35.5 Å². The Morgan fingerprint density at radius 3 is 2.43 bits per heavy atom. The van der Waals surface area contributed by atoms with E-state index >= 15 is 0 Å². The van der Waals surface area contributed by atoms with Crippen molar-refractivity contribution in [1.82, 2.24) is 9.88 Å². The highest BCUT2D eigenvalue weighted by molar-refractivity contribution is 8.00. The second-order valence-corrected chi connectivity index (χ2v) is 8.26. The summed E-state index contributed by atoms with van der Waals surface area (Å²) in [4.78, 5) is 21.8. The third-order valence-corrected chi connectivity index (χ3v) is 5.86. The second-order valence-electron chi connectivity index (χ2n) is 6.20. The van der Waals surface area contributed by atoms with Crippen LogP contribution in [0.1, 0.15) is 0 Å². The van der Waals surface area contributed by atoms with Crippen LogP contribution in [0.25, 0.3) is 10.2 Å². The maximum Gasteiger partial charge on any atom is 0.239 e. The van der Waals surface area contributed by atoms with Gasteiger partial charge in [0, 0.05) is 18.0 Å². The monoisotopic (exact) mass is 443 g/mol. The van der Waals surface area contributed by atoms with Crippen LogP contribution in [-0.4, -0.2) is 48.7 Å². The zero-order chi connectivity index (χ0) is 19.4. The molecule has 0 saturated carbocycles. The molecule has 1 aromatic heterocycles. The second kappa shape index (κ2) is 10.2. The average Bonchev–Trinajstić information content (AvgIpc) is 3.03. The number of carbonyl (C=O) groups excluding carboxylic acids is 1. The van der Waals surface area contributed by atoms with Gasteiger partial charge in [0.15, 0.2) is 5.13 Å². The molecule has 2 aromatic carbocycles. The molecule has 0 radical (unpaired) electrons. The number of halogens is 3. The quantitative estimate of drug-likeness (QED) is 0.497. The fourth-order valence-corrected chi connectivity index (χ4v) is 4.19. The van der Waals surface area contributed by atoms with Gasteiger partial charge in [0.1, 0.15) is 11.6 Å². The van der Waals surface area contributed by atoms with Crippen molar-refractivity contribution in [2.75, 3.05) is 37.8 Å². The van der Waals surface area contributed by atoms with Gasteiger partial charge in [-0.2, -0.15) is 0 Å². The predicted octanol–water partition coefficient (Wildman–Crippen LogP) is 4.68. The highest BCUT2D eigenvalue weighted by atomic mass is 35.5. The van der Waals surface area contributed by atoms with E-state index in [1.54, 1.807) is 23.1 Å². The summed E-state index contributed by atoms with van der Waals surface area (Å²) in [6.07, 6.45) is 0. The largest absolute Gasteiger partial charge is 0.308 e. The molecule has 9 heteroatoms. The molecule has 0 saturated heterocycles. The Morgan fingerprint density at radius 1 is 1.07 bits per heavy atom. The minimum atomic E-state index is -0.323. The van der Waals surface area contributed by atoms with E-state index in [0.29, 0.717) is 28.4 Å². The first kappa shape index (κ1) is 22.5. The molecule has 0 aliphatic heterocycles. The summed E-state index contributed by atoms with van der Waals surface area (Å²) in [7, 11) is 3.87. The van der Waals surface area contributed by atoms with E-state index in [0.717, 1.165) is 4.90 Å². The van der Waals surface area contributed by atoms with Crippen LogP contribution in [-0.2, 0) is 4.79 Å². The molecule has 0 bridgehead atoms. The van der Waals surface area contributed by atoms with Gasteiger partial charge in [-0.25, -0.2) is 13.8 Å². The number of anilines is 1. The predicted molar refractivity (Wildman–Crippen MR) is 115 cm³/mol. The lowest BCUT2D eigenvalue weighted by atomic mass is 10.3. The highest BCUT2D eigenvalue weighted by Gasteiger charge is 2.20. The Labute approximate surface area is 177 Å². The minimum Gasteiger partial charge on any atom is -0.308 e. The lowest BCUT2D eigenvalue weighted by Gasteiger charge is -2.21. The normalized spacial score (nSPS) is 10.9. The number of rotatable bonds is 7. The van der Waals surface area contributed by atoms with Crippen LogP contribution < -0.4 is 4.90 Å². The van der Waals surface area contributed by atoms with E-state index in [1.807, 2.05) is 19.0 Å². The SMILES string of the molecule is CN(C)CCN(C(=O)CSc1ccc(F)cc1)c1nc2ccc(F)cc2s1.Cl. The number of likely N-dealkylation sites (N-methyl/N-ethyl adjacent to an activating group) is 1. The summed E-state index contributed by atoms with van der Waals surface area (Å²) in [6.45, 7) is 1.16. The van der Waals surface area contributed by atoms with E-state index in [9.17, 15) is 13.6 Å². The topological polar surface area (TPSA) is 36.4 Å². The van der Waals surface area contributed by atoms with Crippen LogP contribution in [0.4, 0.5) is 13.9 Å². The number of aromatic nitrogens is 1. The van der Waals surface area contributed by atoms with Crippen LogP contribution in [0.5, 0.6) is 0 Å². The molecule has 0 aliphatic carbocycles. The van der Waals surface area contributed by atoms with E-state index in [4.69, 9.17) is 0 Å². The molecule has 0 unspecified atom stereocenters. The molecule has 0 atom stereocenters. The van der Waals surface area contributed by atoms with Gasteiger partial charge in [0.25, 0.3) is 0 Å². The Morgan fingerprint density at radius 2 is 1.75 bits per heavy atom. The first-order valence-electron chi connectivity index (χ1n) is 8.32. The van der Waals surface area contributed by atoms with Crippen molar-refractivity contribution in [3.05, 3.63) is 54.1 Å². The molecule has 3 aromatic rings. The summed E-state index contributed by atoms with van der Waals surface area (Å²) in [5, 5.41) is 0.558. The Kier molecular flexibility index (Phi) is 8.18. The lowest BCUT2D eigenvalue weighted by molar-refractivity contribution is -0.116. The number of benzene rings is 2. The number of nitrogens with zero attached hydrogens (tertiary/aromatic N) is 3.